The third-order valence-electron chi connectivity index (χ3n) is 2.50. The van der Waals surface area contributed by atoms with Crippen LogP contribution in [-0.4, -0.2) is 26.7 Å². The van der Waals surface area contributed by atoms with Crippen molar-refractivity contribution in [3.63, 3.8) is 0 Å². The Morgan fingerprint density at radius 3 is 2.79 bits per heavy atom. The lowest BCUT2D eigenvalue weighted by Crippen LogP contribution is -2.16. The summed E-state index contributed by atoms with van der Waals surface area (Å²) in [6.07, 6.45) is 0.618. The van der Waals surface area contributed by atoms with Crippen LogP contribution in [0.2, 0.25) is 0 Å². The predicted octanol–water partition coefficient (Wildman–Crippen LogP) is 1.37. The Balaban J connectivity index is 2.02. The Morgan fingerprint density at radius 2 is 2.16 bits per heavy atom. The predicted molar refractivity (Wildman–Crippen MR) is 76.1 cm³/mol. The summed E-state index contributed by atoms with van der Waals surface area (Å²) in [5.74, 6) is 1.91. The van der Waals surface area contributed by atoms with Crippen molar-refractivity contribution in [2.24, 2.45) is 5.73 Å². The molecular formula is C12H15N5OS. The summed E-state index contributed by atoms with van der Waals surface area (Å²) in [5, 5.41) is 6.92. The summed E-state index contributed by atoms with van der Waals surface area (Å²) in [5.41, 5.74) is 7.30. The van der Waals surface area contributed by atoms with Crippen molar-refractivity contribution in [1.82, 2.24) is 15.1 Å². The number of rotatable bonds is 5. The van der Waals surface area contributed by atoms with Gasteiger partial charge in [0.1, 0.15) is 10.8 Å². The number of aryl methyl sites for hydroxylation is 2. The molecule has 0 unspecified atom stereocenters. The van der Waals surface area contributed by atoms with E-state index in [0.29, 0.717) is 35.5 Å². The fraction of sp³-hybridized carbons (Fsp3) is 0.333. The summed E-state index contributed by atoms with van der Waals surface area (Å²) in [6.45, 7) is 4.32. The summed E-state index contributed by atoms with van der Waals surface area (Å²) < 4.78 is 5.03. The third kappa shape index (κ3) is 3.47. The second-order valence-corrected chi connectivity index (χ2v) is 4.56. The van der Waals surface area contributed by atoms with E-state index in [0.717, 1.165) is 11.3 Å². The van der Waals surface area contributed by atoms with Gasteiger partial charge in [0.15, 0.2) is 5.82 Å². The van der Waals surface area contributed by atoms with E-state index in [-0.39, 0.29) is 0 Å². The van der Waals surface area contributed by atoms with Crippen LogP contribution in [0.25, 0.3) is 0 Å². The first-order valence-electron chi connectivity index (χ1n) is 5.87. The second-order valence-electron chi connectivity index (χ2n) is 4.13. The second kappa shape index (κ2) is 5.75. The minimum atomic E-state index is 0.323. The number of hydrogen-bond acceptors (Lipinski definition) is 6. The van der Waals surface area contributed by atoms with Gasteiger partial charge in [-0.15, -0.1) is 0 Å². The van der Waals surface area contributed by atoms with Crippen LogP contribution in [0.1, 0.15) is 23.0 Å². The number of aromatic nitrogens is 3. The lowest BCUT2D eigenvalue weighted by atomic mass is 10.2. The van der Waals surface area contributed by atoms with E-state index in [4.69, 9.17) is 22.5 Å². The molecule has 0 amide bonds. The Kier molecular flexibility index (Phi) is 4.06. The van der Waals surface area contributed by atoms with E-state index < -0.39 is 0 Å². The van der Waals surface area contributed by atoms with Crippen molar-refractivity contribution in [3.8, 4) is 0 Å². The average molecular weight is 277 g/mol. The van der Waals surface area contributed by atoms with Gasteiger partial charge in [-0.2, -0.15) is 4.98 Å². The molecule has 0 aliphatic rings. The van der Waals surface area contributed by atoms with Crippen LogP contribution in [-0.2, 0) is 6.42 Å². The van der Waals surface area contributed by atoms with E-state index >= 15 is 0 Å². The van der Waals surface area contributed by atoms with Gasteiger partial charge in [0.25, 0.3) is 0 Å². The van der Waals surface area contributed by atoms with Gasteiger partial charge in [-0.05, 0) is 26.0 Å². The molecule has 100 valence electrons. The van der Waals surface area contributed by atoms with E-state index in [9.17, 15) is 0 Å². The Bertz CT molecular complexity index is 596. The molecule has 0 fully saturated rings. The van der Waals surface area contributed by atoms with Gasteiger partial charge in [-0.1, -0.05) is 17.4 Å². The van der Waals surface area contributed by atoms with Gasteiger partial charge in [0.05, 0.1) is 5.56 Å². The zero-order valence-electron chi connectivity index (χ0n) is 10.8. The topological polar surface area (TPSA) is 89.9 Å². The van der Waals surface area contributed by atoms with Gasteiger partial charge in [-0.25, -0.2) is 4.98 Å². The molecule has 6 nitrogen and oxygen atoms in total. The SMILES string of the molecule is Cc1ccc(C(N)=S)c(NCCc2nc(C)no2)n1. The van der Waals surface area contributed by atoms with E-state index in [1.54, 1.807) is 6.92 Å². The largest absolute Gasteiger partial charge is 0.389 e. The van der Waals surface area contributed by atoms with Crippen LogP contribution in [0.5, 0.6) is 0 Å². The molecule has 0 aliphatic carbocycles. The Morgan fingerprint density at radius 1 is 1.37 bits per heavy atom. The molecule has 2 rings (SSSR count). The third-order valence-corrected chi connectivity index (χ3v) is 2.72. The lowest BCUT2D eigenvalue weighted by Gasteiger charge is -2.09. The molecule has 0 bridgehead atoms. The molecule has 7 heteroatoms. The summed E-state index contributed by atoms with van der Waals surface area (Å²) >= 11 is 5.00. The number of anilines is 1. The molecule has 2 aromatic heterocycles. The molecule has 0 aromatic carbocycles. The number of nitrogens with one attached hydrogen (secondary N) is 1. The number of thiocarbonyl (C=S) groups is 1. The highest BCUT2D eigenvalue weighted by Crippen LogP contribution is 2.13. The van der Waals surface area contributed by atoms with Crippen molar-refractivity contribution < 1.29 is 4.52 Å². The molecule has 0 radical (unpaired) electrons. The molecule has 19 heavy (non-hydrogen) atoms. The molecule has 0 atom stereocenters. The lowest BCUT2D eigenvalue weighted by molar-refractivity contribution is 0.377. The van der Waals surface area contributed by atoms with Gasteiger partial charge in [-0.3, -0.25) is 0 Å². The molecular weight excluding hydrogens is 262 g/mol. The van der Waals surface area contributed by atoms with Crippen LogP contribution in [0.3, 0.4) is 0 Å². The first kappa shape index (κ1) is 13.4. The van der Waals surface area contributed by atoms with Crippen molar-refractivity contribution in [3.05, 3.63) is 35.1 Å². The zero-order valence-corrected chi connectivity index (χ0v) is 11.6. The van der Waals surface area contributed by atoms with Crippen LogP contribution < -0.4 is 11.1 Å². The van der Waals surface area contributed by atoms with E-state index in [2.05, 4.69) is 20.4 Å². The quantitative estimate of drug-likeness (QED) is 0.798. The molecule has 0 spiro atoms. The highest BCUT2D eigenvalue weighted by atomic mass is 32.1. The maximum atomic E-state index is 5.66. The highest BCUT2D eigenvalue weighted by Gasteiger charge is 2.08. The van der Waals surface area contributed by atoms with Gasteiger partial charge in [0.2, 0.25) is 5.89 Å². The van der Waals surface area contributed by atoms with Crippen molar-refractivity contribution in [2.75, 3.05) is 11.9 Å². The highest BCUT2D eigenvalue weighted by molar-refractivity contribution is 7.80. The average Bonchev–Trinajstić information content (AvgIpc) is 2.75. The number of nitrogens with two attached hydrogens (primary N) is 1. The first-order chi connectivity index (χ1) is 9.06. The number of pyridine rings is 1. The molecule has 2 heterocycles. The first-order valence-corrected chi connectivity index (χ1v) is 6.27. The summed E-state index contributed by atoms with van der Waals surface area (Å²) in [4.78, 5) is 8.84. The number of hydrogen-bond donors (Lipinski definition) is 2. The zero-order chi connectivity index (χ0) is 13.8. The van der Waals surface area contributed by atoms with E-state index in [1.807, 2.05) is 19.1 Å². The van der Waals surface area contributed by atoms with Gasteiger partial charge in [0, 0.05) is 18.7 Å². The monoisotopic (exact) mass is 277 g/mol. The molecule has 2 aromatic rings. The summed E-state index contributed by atoms with van der Waals surface area (Å²) in [7, 11) is 0. The van der Waals surface area contributed by atoms with Crippen molar-refractivity contribution in [1.29, 1.82) is 0 Å². The van der Waals surface area contributed by atoms with Crippen LogP contribution in [0.15, 0.2) is 16.7 Å². The van der Waals surface area contributed by atoms with Crippen LogP contribution in [0, 0.1) is 13.8 Å². The summed E-state index contributed by atoms with van der Waals surface area (Å²) in [6, 6.07) is 3.74. The van der Waals surface area contributed by atoms with Crippen LogP contribution >= 0.6 is 12.2 Å². The van der Waals surface area contributed by atoms with Gasteiger partial charge < -0.3 is 15.6 Å². The van der Waals surface area contributed by atoms with Gasteiger partial charge >= 0.3 is 0 Å². The van der Waals surface area contributed by atoms with Crippen molar-refractivity contribution in [2.45, 2.75) is 20.3 Å². The molecule has 0 saturated heterocycles. The Labute approximate surface area is 116 Å². The molecule has 0 saturated carbocycles. The maximum Gasteiger partial charge on any atom is 0.228 e. The normalized spacial score (nSPS) is 10.4. The van der Waals surface area contributed by atoms with E-state index in [1.165, 1.54) is 0 Å². The standard InChI is InChI=1S/C12H15N5OS/c1-7-3-4-9(11(13)19)12(15-7)14-6-5-10-16-8(2)17-18-10/h3-4H,5-6H2,1-2H3,(H2,13,19)(H,14,15). The minimum Gasteiger partial charge on any atom is -0.389 e. The number of nitrogens with zero attached hydrogens (tertiary/aromatic N) is 3. The van der Waals surface area contributed by atoms with Crippen LogP contribution in [0.4, 0.5) is 5.82 Å². The molecule has 0 aliphatic heterocycles. The Hall–Kier alpha value is -2.02. The molecule has 3 N–H and O–H groups in total. The fourth-order valence-electron chi connectivity index (χ4n) is 1.62. The smallest absolute Gasteiger partial charge is 0.228 e. The fourth-order valence-corrected chi connectivity index (χ4v) is 1.78. The maximum absolute atomic E-state index is 5.66. The minimum absolute atomic E-state index is 0.323. The van der Waals surface area contributed by atoms with Crippen molar-refractivity contribution >= 4 is 23.0 Å².